The van der Waals surface area contributed by atoms with E-state index in [2.05, 4.69) is 19.9 Å². The molecule has 1 aliphatic heterocycles. The molecule has 0 atom stereocenters. The summed E-state index contributed by atoms with van der Waals surface area (Å²) in [5.41, 5.74) is 9.43. The van der Waals surface area contributed by atoms with Gasteiger partial charge in [0.15, 0.2) is 5.84 Å². The van der Waals surface area contributed by atoms with Crippen molar-refractivity contribution in [1.82, 2.24) is 5.16 Å². The Hall–Kier alpha value is -3.46. The molecule has 0 amide bonds. The van der Waals surface area contributed by atoms with Crippen molar-refractivity contribution < 1.29 is 12.9 Å². The zero-order chi connectivity index (χ0) is 19.9. The lowest BCUT2D eigenvalue weighted by Gasteiger charge is -2.06. The first kappa shape index (κ1) is 17.9. The molecule has 0 radical (unpaired) electrons. The number of aromatic nitrogens is 1. The standard InChI is InChI=1S/C19H17N5O3S/c1-11-12(2)23-27-19(11)24-28(25,26)14-9-7-13(8-10-14)21-18-16-6-4-3-5-15(16)17(20)22-18/h3-10,24H,1-2H3,(H2,20,21,22). The van der Waals surface area contributed by atoms with Crippen molar-refractivity contribution in [2.75, 3.05) is 4.72 Å². The number of aliphatic imine (C=N–C) groups is 2. The third-order valence-electron chi connectivity index (χ3n) is 4.44. The van der Waals surface area contributed by atoms with Gasteiger partial charge in [-0.25, -0.2) is 23.1 Å². The molecule has 0 spiro atoms. The van der Waals surface area contributed by atoms with Gasteiger partial charge in [0.25, 0.3) is 10.0 Å². The van der Waals surface area contributed by atoms with Gasteiger partial charge in [0.05, 0.1) is 16.3 Å². The SMILES string of the molecule is Cc1noc(NS(=O)(=O)c2ccc(N=C3N=C(N)c4ccccc43)cc2)c1C. The van der Waals surface area contributed by atoms with Gasteiger partial charge < -0.3 is 10.3 Å². The molecule has 8 nitrogen and oxygen atoms in total. The second-order valence-electron chi connectivity index (χ2n) is 6.30. The van der Waals surface area contributed by atoms with Crippen LogP contribution in [-0.4, -0.2) is 25.2 Å². The number of fused-ring (bicyclic) bond motifs is 1. The van der Waals surface area contributed by atoms with E-state index < -0.39 is 10.0 Å². The van der Waals surface area contributed by atoms with Gasteiger partial charge in [0, 0.05) is 16.7 Å². The van der Waals surface area contributed by atoms with Gasteiger partial charge in [-0.15, -0.1) is 0 Å². The molecule has 1 aromatic heterocycles. The number of aryl methyl sites for hydroxylation is 1. The molecule has 3 N–H and O–H groups in total. The van der Waals surface area contributed by atoms with Crippen LogP contribution in [0.4, 0.5) is 11.6 Å². The molecule has 0 saturated heterocycles. The van der Waals surface area contributed by atoms with Gasteiger partial charge in [-0.2, -0.15) is 0 Å². The highest BCUT2D eigenvalue weighted by Crippen LogP contribution is 2.25. The van der Waals surface area contributed by atoms with Gasteiger partial charge in [-0.05, 0) is 38.1 Å². The first-order valence-corrected chi connectivity index (χ1v) is 9.92. The van der Waals surface area contributed by atoms with Gasteiger partial charge in [-0.3, -0.25) is 0 Å². The van der Waals surface area contributed by atoms with Crippen molar-refractivity contribution >= 4 is 33.3 Å². The molecule has 4 rings (SSSR count). The molecule has 0 unspecified atom stereocenters. The lowest BCUT2D eigenvalue weighted by Crippen LogP contribution is -2.13. The number of nitrogens with two attached hydrogens (primary N) is 1. The highest BCUT2D eigenvalue weighted by atomic mass is 32.2. The molecule has 9 heteroatoms. The number of anilines is 1. The molecule has 0 fully saturated rings. The van der Waals surface area contributed by atoms with Gasteiger partial charge >= 0.3 is 0 Å². The monoisotopic (exact) mass is 395 g/mol. The Morgan fingerprint density at radius 3 is 2.36 bits per heavy atom. The Morgan fingerprint density at radius 2 is 1.71 bits per heavy atom. The van der Waals surface area contributed by atoms with Crippen LogP contribution in [0.25, 0.3) is 0 Å². The average molecular weight is 395 g/mol. The number of hydrogen-bond donors (Lipinski definition) is 2. The Morgan fingerprint density at radius 1 is 1.04 bits per heavy atom. The van der Waals surface area contributed by atoms with Crippen LogP contribution >= 0.6 is 0 Å². The van der Waals surface area contributed by atoms with Crippen LogP contribution < -0.4 is 10.5 Å². The fourth-order valence-electron chi connectivity index (χ4n) is 2.73. The van der Waals surface area contributed by atoms with Crippen LogP contribution in [0.1, 0.15) is 22.4 Å². The number of nitrogens with one attached hydrogen (secondary N) is 1. The zero-order valence-electron chi connectivity index (χ0n) is 15.2. The summed E-state index contributed by atoms with van der Waals surface area (Å²) in [7, 11) is -3.80. The summed E-state index contributed by atoms with van der Waals surface area (Å²) in [5.74, 6) is 1.01. The summed E-state index contributed by atoms with van der Waals surface area (Å²) in [4.78, 5) is 8.85. The van der Waals surface area contributed by atoms with Gasteiger partial charge in [-0.1, -0.05) is 29.4 Å². The Balaban J connectivity index is 1.60. The Labute approximate surface area is 161 Å². The Bertz CT molecular complexity index is 1220. The van der Waals surface area contributed by atoms with E-state index in [-0.39, 0.29) is 10.8 Å². The van der Waals surface area contributed by atoms with E-state index in [0.717, 1.165) is 11.1 Å². The topological polar surface area (TPSA) is 123 Å². The van der Waals surface area contributed by atoms with Crippen molar-refractivity contribution in [2.24, 2.45) is 15.7 Å². The normalized spacial score (nSPS) is 14.8. The maximum atomic E-state index is 12.6. The van der Waals surface area contributed by atoms with Crippen molar-refractivity contribution in [3.63, 3.8) is 0 Å². The third-order valence-corrected chi connectivity index (χ3v) is 5.78. The van der Waals surface area contributed by atoms with E-state index in [9.17, 15) is 8.42 Å². The van der Waals surface area contributed by atoms with E-state index in [0.29, 0.717) is 28.6 Å². The second kappa shape index (κ2) is 6.61. The number of benzene rings is 2. The predicted molar refractivity (Wildman–Crippen MR) is 107 cm³/mol. The maximum Gasteiger partial charge on any atom is 0.264 e. The Kier molecular flexibility index (Phi) is 4.23. The molecule has 142 valence electrons. The lowest BCUT2D eigenvalue weighted by molar-refractivity contribution is 0.430. The molecule has 2 heterocycles. The largest absolute Gasteiger partial charge is 0.383 e. The average Bonchev–Trinajstić information content (AvgIpc) is 3.16. The zero-order valence-corrected chi connectivity index (χ0v) is 16.0. The maximum absolute atomic E-state index is 12.6. The molecule has 3 aromatic rings. The molecule has 28 heavy (non-hydrogen) atoms. The molecule has 0 aliphatic carbocycles. The highest BCUT2D eigenvalue weighted by Gasteiger charge is 2.20. The van der Waals surface area contributed by atoms with Crippen LogP contribution in [0.2, 0.25) is 0 Å². The van der Waals surface area contributed by atoms with Crippen molar-refractivity contribution in [2.45, 2.75) is 18.7 Å². The summed E-state index contributed by atoms with van der Waals surface area (Å²) >= 11 is 0. The summed E-state index contributed by atoms with van der Waals surface area (Å²) in [6.45, 7) is 3.47. The molecule has 1 aliphatic rings. The first-order chi connectivity index (χ1) is 13.3. The third kappa shape index (κ3) is 3.16. The van der Waals surface area contributed by atoms with E-state index >= 15 is 0 Å². The first-order valence-electron chi connectivity index (χ1n) is 8.43. The molecule has 0 saturated carbocycles. The van der Waals surface area contributed by atoms with Crippen LogP contribution in [0.3, 0.4) is 0 Å². The smallest absolute Gasteiger partial charge is 0.264 e. The fourth-order valence-corrected chi connectivity index (χ4v) is 3.78. The number of amidine groups is 2. The van der Waals surface area contributed by atoms with Crippen LogP contribution in [0.5, 0.6) is 0 Å². The quantitative estimate of drug-likeness (QED) is 0.703. The van der Waals surface area contributed by atoms with Crippen LogP contribution in [0, 0.1) is 13.8 Å². The van der Waals surface area contributed by atoms with Gasteiger partial charge in [0.1, 0.15) is 5.84 Å². The number of hydrogen-bond acceptors (Lipinski definition) is 6. The summed E-state index contributed by atoms with van der Waals surface area (Å²) in [5, 5.41) is 3.75. The van der Waals surface area contributed by atoms with Crippen LogP contribution in [0.15, 0.2) is 67.9 Å². The molecular formula is C19H17N5O3S. The van der Waals surface area contributed by atoms with E-state index in [1.165, 1.54) is 12.1 Å². The van der Waals surface area contributed by atoms with E-state index in [4.69, 9.17) is 10.3 Å². The van der Waals surface area contributed by atoms with Crippen molar-refractivity contribution in [3.05, 3.63) is 70.9 Å². The lowest BCUT2D eigenvalue weighted by atomic mass is 10.1. The predicted octanol–water partition coefficient (Wildman–Crippen LogP) is 2.89. The summed E-state index contributed by atoms with van der Waals surface area (Å²) in [6.07, 6.45) is 0. The summed E-state index contributed by atoms with van der Waals surface area (Å²) in [6, 6.07) is 13.7. The summed E-state index contributed by atoms with van der Waals surface area (Å²) < 4.78 is 32.5. The second-order valence-corrected chi connectivity index (χ2v) is 7.98. The van der Waals surface area contributed by atoms with Gasteiger partial charge in [0.2, 0.25) is 5.88 Å². The minimum absolute atomic E-state index is 0.0831. The number of sulfonamides is 1. The van der Waals surface area contributed by atoms with E-state index in [1.54, 1.807) is 26.0 Å². The van der Waals surface area contributed by atoms with Crippen molar-refractivity contribution in [1.29, 1.82) is 0 Å². The number of rotatable bonds is 4. The number of nitrogens with zero attached hydrogens (tertiary/aromatic N) is 3. The minimum Gasteiger partial charge on any atom is -0.383 e. The van der Waals surface area contributed by atoms with E-state index in [1.807, 2.05) is 24.3 Å². The van der Waals surface area contributed by atoms with Crippen molar-refractivity contribution in [3.8, 4) is 0 Å². The molecule has 2 aromatic carbocycles. The minimum atomic E-state index is -3.80. The fraction of sp³-hybridized carbons (Fsp3) is 0.105. The van der Waals surface area contributed by atoms with Crippen LogP contribution in [-0.2, 0) is 10.0 Å². The molecule has 0 bridgehead atoms. The molecular weight excluding hydrogens is 378 g/mol. The highest BCUT2D eigenvalue weighted by molar-refractivity contribution is 7.92.